The summed E-state index contributed by atoms with van der Waals surface area (Å²) in [6.45, 7) is 4.35. The highest BCUT2D eigenvalue weighted by molar-refractivity contribution is 5.93. The van der Waals surface area contributed by atoms with E-state index in [1.165, 1.54) is 0 Å². The Hall–Kier alpha value is -3.35. The van der Waals surface area contributed by atoms with Gasteiger partial charge in [0.15, 0.2) is 0 Å². The number of pyridine rings is 1. The van der Waals surface area contributed by atoms with E-state index in [0.717, 1.165) is 34.3 Å². The molecule has 4 rings (SSSR count). The largest absolute Gasteiger partial charge is 0.497 e. The van der Waals surface area contributed by atoms with Crippen LogP contribution in [0.4, 0.5) is 0 Å². The Bertz CT molecular complexity index is 1080. The monoisotopic (exact) mass is 406 g/mol. The third-order valence-electron chi connectivity index (χ3n) is 5.62. The Kier molecular flexibility index (Phi) is 5.70. The Morgan fingerprint density at radius 3 is 2.67 bits per heavy atom. The number of methoxy groups -OCH3 is 1. The zero-order chi connectivity index (χ0) is 21.1. The molecule has 0 unspecified atom stereocenters. The number of amides is 2. The SMILES string of the molecule is COc1cccc(-c2nccc3ccn(CC(=O)N4CCCN(C(C)=O)CC4)c23)c1. The minimum Gasteiger partial charge on any atom is -0.497 e. The number of nitrogens with zero attached hydrogens (tertiary/aromatic N) is 4. The van der Waals surface area contributed by atoms with Crippen LogP contribution >= 0.6 is 0 Å². The maximum atomic E-state index is 13.0. The summed E-state index contributed by atoms with van der Waals surface area (Å²) in [6.07, 6.45) is 4.52. The van der Waals surface area contributed by atoms with Gasteiger partial charge in [-0.2, -0.15) is 0 Å². The van der Waals surface area contributed by atoms with Crippen molar-refractivity contribution in [3.8, 4) is 17.0 Å². The molecular weight excluding hydrogens is 380 g/mol. The van der Waals surface area contributed by atoms with Crippen molar-refractivity contribution in [2.24, 2.45) is 0 Å². The number of carbonyl (C=O) groups excluding carboxylic acids is 2. The van der Waals surface area contributed by atoms with Gasteiger partial charge >= 0.3 is 0 Å². The van der Waals surface area contributed by atoms with E-state index in [9.17, 15) is 9.59 Å². The predicted octanol–water partition coefficient (Wildman–Crippen LogP) is 2.79. The maximum Gasteiger partial charge on any atom is 0.242 e. The van der Waals surface area contributed by atoms with Gasteiger partial charge in [0.05, 0.1) is 18.3 Å². The van der Waals surface area contributed by atoms with E-state index in [4.69, 9.17) is 4.74 Å². The van der Waals surface area contributed by atoms with E-state index in [1.807, 2.05) is 57.0 Å². The summed E-state index contributed by atoms with van der Waals surface area (Å²) in [5, 5.41) is 1.04. The zero-order valence-corrected chi connectivity index (χ0v) is 17.4. The summed E-state index contributed by atoms with van der Waals surface area (Å²) in [7, 11) is 1.64. The highest BCUT2D eigenvalue weighted by atomic mass is 16.5. The van der Waals surface area contributed by atoms with Gasteiger partial charge < -0.3 is 19.1 Å². The lowest BCUT2D eigenvalue weighted by molar-refractivity contribution is -0.133. The first kappa shape index (κ1) is 19.9. The minimum absolute atomic E-state index is 0.0540. The van der Waals surface area contributed by atoms with Gasteiger partial charge in [0, 0.05) is 56.4 Å². The van der Waals surface area contributed by atoms with Gasteiger partial charge in [-0.25, -0.2) is 0 Å². The van der Waals surface area contributed by atoms with Crippen LogP contribution in [0.1, 0.15) is 13.3 Å². The van der Waals surface area contributed by atoms with E-state index in [0.29, 0.717) is 26.2 Å². The molecule has 0 atom stereocenters. The molecule has 0 aliphatic carbocycles. The predicted molar refractivity (Wildman–Crippen MR) is 115 cm³/mol. The number of hydrogen-bond acceptors (Lipinski definition) is 4. The van der Waals surface area contributed by atoms with Crippen LogP contribution in [0.5, 0.6) is 5.75 Å². The van der Waals surface area contributed by atoms with Crippen molar-refractivity contribution in [3.63, 3.8) is 0 Å². The minimum atomic E-state index is 0.0540. The summed E-state index contributed by atoms with van der Waals surface area (Å²) in [4.78, 5) is 33.0. The lowest BCUT2D eigenvalue weighted by Crippen LogP contribution is -2.38. The fraction of sp³-hybridized carbons (Fsp3) is 0.348. The topological polar surface area (TPSA) is 67.7 Å². The number of rotatable bonds is 4. The molecule has 0 radical (unpaired) electrons. The highest BCUT2D eigenvalue weighted by Crippen LogP contribution is 2.29. The lowest BCUT2D eigenvalue weighted by atomic mass is 10.1. The molecule has 0 saturated carbocycles. The summed E-state index contributed by atoms with van der Waals surface area (Å²) >= 11 is 0. The Balaban J connectivity index is 1.60. The van der Waals surface area contributed by atoms with Crippen LogP contribution < -0.4 is 4.74 Å². The second-order valence-electron chi connectivity index (χ2n) is 7.51. The molecule has 1 fully saturated rings. The molecule has 1 aromatic carbocycles. The third-order valence-corrected chi connectivity index (χ3v) is 5.62. The smallest absolute Gasteiger partial charge is 0.242 e. The molecule has 1 saturated heterocycles. The molecule has 1 aliphatic rings. The Morgan fingerprint density at radius 2 is 1.87 bits per heavy atom. The molecule has 1 aliphatic heterocycles. The molecule has 7 nitrogen and oxygen atoms in total. The molecule has 7 heteroatoms. The maximum absolute atomic E-state index is 13.0. The molecule has 30 heavy (non-hydrogen) atoms. The van der Waals surface area contributed by atoms with E-state index >= 15 is 0 Å². The van der Waals surface area contributed by atoms with Crippen molar-refractivity contribution in [2.75, 3.05) is 33.3 Å². The van der Waals surface area contributed by atoms with E-state index in [1.54, 1.807) is 20.2 Å². The van der Waals surface area contributed by atoms with Crippen LogP contribution in [-0.4, -0.2) is 64.5 Å². The number of carbonyl (C=O) groups is 2. The second kappa shape index (κ2) is 8.57. The Labute approximate surface area is 175 Å². The van der Waals surface area contributed by atoms with Crippen molar-refractivity contribution in [3.05, 3.63) is 48.8 Å². The average Bonchev–Trinajstić information content (AvgIpc) is 3.00. The van der Waals surface area contributed by atoms with Crippen molar-refractivity contribution < 1.29 is 14.3 Å². The summed E-state index contributed by atoms with van der Waals surface area (Å²) in [5.74, 6) is 0.883. The van der Waals surface area contributed by atoms with Crippen molar-refractivity contribution >= 4 is 22.7 Å². The first-order chi connectivity index (χ1) is 14.6. The summed E-state index contributed by atoms with van der Waals surface area (Å²) < 4.78 is 7.32. The second-order valence-corrected chi connectivity index (χ2v) is 7.51. The van der Waals surface area contributed by atoms with Crippen molar-refractivity contribution in [1.82, 2.24) is 19.4 Å². The number of fused-ring (bicyclic) bond motifs is 1. The van der Waals surface area contributed by atoms with Crippen LogP contribution in [-0.2, 0) is 16.1 Å². The molecule has 0 N–H and O–H groups in total. The third kappa shape index (κ3) is 4.01. The van der Waals surface area contributed by atoms with Crippen LogP contribution in [0.2, 0.25) is 0 Å². The fourth-order valence-electron chi connectivity index (χ4n) is 3.99. The Morgan fingerprint density at radius 1 is 1.07 bits per heavy atom. The first-order valence-electron chi connectivity index (χ1n) is 10.2. The number of benzene rings is 1. The molecule has 2 aromatic heterocycles. The van der Waals surface area contributed by atoms with Gasteiger partial charge in [0.25, 0.3) is 0 Å². The molecule has 2 amide bonds. The van der Waals surface area contributed by atoms with E-state index < -0.39 is 0 Å². The van der Waals surface area contributed by atoms with Crippen LogP contribution in [0, 0.1) is 0 Å². The lowest BCUT2D eigenvalue weighted by Gasteiger charge is -2.22. The molecule has 3 aromatic rings. The van der Waals surface area contributed by atoms with Gasteiger partial charge in [0.1, 0.15) is 12.3 Å². The number of ether oxygens (including phenoxy) is 1. The van der Waals surface area contributed by atoms with Crippen LogP contribution in [0.15, 0.2) is 48.8 Å². The molecule has 0 bridgehead atoms. The van der Waals surface area contributed by atoms with Crippen LogP contribution in [0.3, 0.4) is 0 Å². The quantitative estimate of drug-likeness (QED) is 0.668. The highest BCUT2D eigenvalue weighted by Gasteiger charge is 2.21. The molecule has 0 spiro atoms. The van der Waals surface area contributed by atoms with Gasteiger partial charge in [-0.3, -0.25) is 14.6 Å². The van der Waals surface area contributed by atoms with Gasteiger partial charge in [-0.05, 0) is 30.7 Å². The summed E-state index contributed by atoms with van der Waals surface area (Å²) in [6, 6.07) is 11.7. The standard InChI is InChI=1S/C23H26N4O3/c1-17(28)25-10-4-11-26(14-13-25)21(29)16-27-12-8-18-7-9-24-22(23(18)27)19-5-3-6-20(15-19)30-2/h3,5-9,12,15H,4,10-11,13-14,16H2,1-2H3. The molecule has 3 heterocycles. The summed E-state index contributed by atoms with van der Waals surface area (Å²) in [5.41, 5.74) is 2.70. The van der Waals surface area contributed by atoms with Crippen LogP contribution in [0.25, 0.3) is 22.2 Å². The number of hydrogen-bond donors (Lipinski definition) is 0. The average molecular weight is 406 g/mol. The number of aromatic nitrogens is 2. The van der Waals surface area contributed by atoms with Crippen molar-refractivity contribution in [1.29, 1.82) is 0 Å². The molecule has 156 valence electrons. The van der Waals surface area contributed by atoms with Crippen molar-refractivity contribution in [2.45, 2.75) is 19.9 Å². The van der Waals surface area contributed by atoms with Gasteiger partial charge in [-0.15, -0.1) is 0 Å². The zero-order valence-electron chi connectivity index (χ0n) is 17.4. The van der Waals surface area contributed by atoms with Gasteiger partial charge in [0.2, 0.25) is 11.8 Å². The normalized spacial score (nSPS) is 14.6. The van der Waals surface area contributed by atoms with Gasteiger partial charge in [-0.1, -0.05) is 12.1 Å². The fourth-order valence-corrected chi connectivity index (χ4v) is 3.99. The van der Waals surface area contributed by atoms with E-state index in [2.05, 4.69) is 4.98 Å². The first-order valence-corrected chi connectivity index (χ1v) is 10.2. The molecular formula is C23H26N4O3. The van der Waals surface area contributed by atoms with E-state index in [-0.39, 0.29) is 18.4 Å².